The molecule has 2 saturated heterocycles. The van der Waals surface area contributed by atoms with E-state index in [2.05, 4.69) is 40.9 Å². The van der Waals surface area contributed by atoms with Gasteiger partial charge in [0.25, 0.3) is 5.91 Å². The zero-order valence-corrected chi connectivity index (χ0v) is 23.9. The quantitative estimate of drug-likeness (QED) is 0.365. The largest absolute Gasteiger partial charge is 0.353 e. The van der Waals surface area contributed by atoms with E-state index in [1.807, 2.05) is 12.1 Å². The number of nitrogens with one attached hydrogen (secondary N) is 1. The minimum Gasteiger partial charge on any atom is -0.353 e. The van der Waals surface area contributed by atoms with Gasteiger partial charge in [0.05, 0.1) is 10.6 Å². The smallest absolute Gasteiger partial charge is 0.253 e. The Morgan fingerprint density at radius 2 is 1.74 bits per heavy atom. The summed E-state index contributed by atoms with van der Waals surface area (Å²) in [4.78, 5) is 24.1. The van der Waals surface area contributed by atoms with Crippen LogP contribution in [-0.4, -0.2) is 66.0 Å². The van der Waals surface area contributed by atoms with Crippen molar-refractivity contribution in [3.63, 3.8) is 0 Å². The molecule has 3 heterocycles. The Morgan fingerprint density at radius 3 is 2.41 bits per heavy atom. The summed E-state index contributed by atoms with van der Waals surface area (Å²) in [6.07, 6.45) is 3.69. The first-order valence-electron chi connectivity index (χ1n) is 13.2. The zero-order chi connectivity index (χ0) is 27.4. The lowest BCUT2D eigenvalue weighted by Crippen LogP contribution is -2.53. The SMILES string of the molecule is O=C(NCc1ccc(F)cc1)c1cnc(N2CCN(C3CCN(Cc4ccc(Br)cc4F)CC3)CC2)c(Cl)c1.[HH]. The van der Waals surface area contributed by atoms with E-state index in [0.29, 0.717) is 35.5 Å². The van der Waals surface area contributed by atoms with Crippen molar-refractivity contribution >= 4 is 39.3 Å². The second-order valence-corrected chi connectivity index (χ2v) is 11.4. The molecule has 5 rings (SSSR count). The maximum Gasteiger partial charge on any atom is 0.253 e. The number of aromatic nitrogens is 1. The minimum absolute atomic E-state index is 0. The number of amides is 1. The molecule has 1 amide bonds. The van der Waals surface area contributed by atoms with Gasteiger partial charge in [0, 0.05) is 63.0 Å². The van der Waals surface area contributed by atoms with E-state index in [1.165, 1.54) is 18.2 Å². The second-order valence-electron chi connectivity index (χ2n) is 10.1. The highest BCUT2D eigenvalue weighted by Gasteiger charge is 2.29. The van der Waals surface area contributed by atoms with Crippen LogP contribution in [0.3, 0.4) is 0 Å². The number of likely N-dealkylation sites (tertiary alicyclic amines) is 1. The fourth-order valence-electron chi connectivity index (χ4n) is 5.31. The van der Waals surface area contributed by atoms with Gasteiger partial charge in [-0.05, 0) is 61.8 Å². The van der Waals surface area contributed by atoms with Crippen molar-refractivity contribution < 1.29 is 15.0 Å². The van der Waals surface area contributed by atoms with Gasteiger partial charge in [-0.25, -0.2) is 13.8 Å². The molecule has 1 aromatic heterocycles. The van der Waals surface area contributed by atoms with Gasteiger partial charge < -0.3 is 10.2 Å². The molecule has 2 fully saturated rings. The van der Waals surface area contributed by atoms with Crippen LogP contribution in [0, 0.1) is 11.6 Å². The van der Waals surface area contributed by atoms with Crippen LogP contribution in [0.25, 0.3) is 0 Å². The molecule has 0 saturated carbocycles. The highest BCUT2D eigenvalue weighted by Crippen LogP contribution is 2.27. The lowest BCUT2D eigenvalue weighted by molar-refractivity contribution is 0.0950. The van der Waals surface area contributed by atoms with Crippen LogP contribution in [0.1, 0.15) is 35.8 Å². The van der Waals surface area contributed by atoms with Gasteiger partial charge in [-0.1, -0.05) is 45.7 Å². The van der Waals surface area contributed by atoms with E-state index >= 15 is 0 Å². The Kier molecular flexibility index (Phi) is 9.12. The first kappa shape index (κ1) is 28.0. The summed E-state index contributed by atoms with van der Waals surface area (Å²) in [7, 11) is 0. The van der Waals surface area contributed by atoms with Gasteiger partial charge in [-0.3, -0.25) is 14.6 Å². The number of piperidine rings is 1. The first-order valence-corrected chi connectivity index (χ1v) is 14.4. The molecule has 0 atom stereocenters. The van der Waals surface area contributed by atoms with Crippen molar-refractivity contribution in [3.8, 4) is 0 Å². The highest BCUT2D eigenvalue weighted by molar-refractivity contribution is 9.10. The molecule has 208 valence electrons. The number of carbonyl (C=O) groups excluding carboxylic acids is 1. The third-order valence-electron chi connectivity index (χ3n) is 7.55. The van der Waals surface area contributed by atoms with Gasteiger partial charge in [0.1, 0.15) is 17.5 Å². The van der Waals surface area contributed by atoms with E-state index in [4.69, 9.17) is 11.6 Å². The predicted octanol–water partition coefficient (Wildman–Crippen LogP) is 5.74. The molecule has 2 aliphatic heterocycles. The van der Waals surface area contributed by atoms with Crippen LogP contribution >= 0.6 is 27.5 Å². The highest BCUT2D eigenvalue weighted by atomic mass is 79.9. The summed E-state index contributed by atoms with van der Waals surface area (Å²) < 4.78 is 28.1. The normalized spacial score (nSPS) is 17.4. The number of hydrogen-bond donors (Lipinski definition) is 1. The lowest BCUT2D eigenvalue weighted by Gasteiger charge is -2.43. The third kappa shape index (κ3) is 7.14. The molecule has 39 heavy (non-hydrogen) atoms. The number of hydrogen-bond acceptors (Lipinski definition) is 5. The molecule has 2 aliphatic rings. The molecule has 10 heteroatoms. The summed E-state index contributed by atoms with van der Waals surface area (Å²) in [6.45, 7) is 6.32. The Hall–Kier alpha value is -2.59. The molecule has 6 nitrogen and oxygen atoms in total. The molecule has 0 aliphatic carbocycles. The first-order chi connectivity index (χ1) is 18.9. The molecule has 3 aromatic rings. The van der Waals surface area contributed by atoms with Crippen molar-refractivity contribution in [3.05, 3.63) is 92.5 Å². The van der Waals surface area contributed by atoms with Crippen molar-refractivity contribution in [2.45, 2.75) is 32.0 Å². The third-order valence-corrected chi connectivity index (χ3v) is 8.32. The predicted molar refractivity (Wildman–Crippen MR) is 155 cm³/mol. The molecular weight excluding hydrogens is 588 g/mol. The van der Waals surface area contributed by atoms with Crippen LogP contribution in [0.2, 0.25) is 5.02 Å². The number of nitrogens with zero attached hydrogens (tertiary/aromatic N) is 4. The number of benzene rings is 2. The van der Waals surface area contributed by atoms with Gasteiger partial charge in [0.15, 0.2) is 0 Å². The molecule has 2 aromatic carbocycles. The minimum atomic E-state index is -0.312. The van der Waals surface area contributed by atoms with E-state index in [0.717, 1.165) is 67.7 Å². The second kappa shape index (κ2) is 12.7. The monoisotopic (exact) mass is 619 g/mol. The van der Waals surface area contributed by atoms with E-state index in [1.54, 1.807) is 24.4 Å². The molecule has 1 N–H and O–H groups in total. The average Bonchev–Trinajstić information content (AvgIpc) is 2.94. The molecule has 0 unspecified atom stereocenters. The van der Waals surface area contributed by atoms with Gasteiger partial charge in [-0.2, -0.15) is 0 Å². The zero-order valence-electron chi connectivity index (χ0n) is 21.6. The standard InChI is InChI=1S/C29H31BrClF2N5O.H2/c30-23-4-3-21(27(33)16-23)19-36-9-7-25(8-10-36)37-11-13-38(14-12-37)28-26(31)15-22(18-34-28)29(39)35-17-20-1-5-24(32)6-2-20;/h1-6,15-16,18,25H,7-14,17,19H2,(H,35,39);1H. The number of halogens is 4. The van der Waals surface area contributed by atoms with Crippen LogP contribution in [0.4, 0.5) is 14.6 Å². The fourth-order valence-corrected chi connectivity index (χ4v) is 5.93. The van der Waals surface area contributed by atoms with Crippen LogP contribution in [-0.2, 0) is 13.1 Å². The number of pyridine rings is 1. The lowest BCUT2D eigenvalue weighted by atomic mass is 10.0. The van der Waals surface area contributed by atoms with Crippen molar-refractivity contribution in [1.82, 2.24) is 20.1 Å². The van der Waals surface area contributed by atoms with Crippen LogP contribution in [0.15, 0.2) is 59.2 Å². The maximum absolute atomic E-state index is 14.2. The summed E-state index contributed by atoms with van der Waals surface area (Å²) in [5, 5.41) is 3.27. The Morgan fingerprint density at radius 1 is 1.03 bits per heavy atom. The van der Waals surface area contributed by atoms with Crippen molar-refractivity contribution in [1.29, 1.82) is 0 Å². The fraction of sp³-hybridized carbons (Fsp3) is 0.379. The van der Waals surface area contributed by atoms with Gasteiger partial charge >= 0.3 is 0 Å². The molecule has 0 spiro atoms. The van der Waals surface area contributed by atoms with E-state index in [9.17, 15) is 13.6 Å². The van der Waals surface area contributed by atoms with Gasteiger partial charge in [0.2, 0.25) is 0 Å². The maximum atomic E-state index is 14.2. The number of rotatable bonds is 7. The Balaban J connectivity index is 0.00000370. The van der Waals surface area contributed by atoms with Gasteiger partial charge in [-0.15, -0.1) is 0 Å². The summed E-state index contributed by atoms with van der Waals surface area (Å²) in [5.74, 6) is -0.0566. The summed E-state index contributed by atoms with van der Waals surface area (Å²) in [6, 6.07) is 13.5. The number of anilines is 1. The van der Waals surface area contributed by atoms with Crippen molar-refractivity contribution in [2.75, 3.05) is 44.2 Å². The molecular formula is C29H33BrClF2N5O. The van der Waals surface area contributed by atoms with Crippen molar-refractivity contribution in [2.24, 2.45) is 0 Å². The summed E-state index contributed by atoms with van der Waals surface area (Å²) in [5.41, 5.74) is 1.94. The average molecular weight is 621 g/mol. The molecule has 0 bridgehead atoms. The Labute approximate surface area is 242 Å². The number of carbonyl (C=O) groups is 1. The van der Waals surface area contributed by atoms with E-state index in [-0.39, 0.29) is 19.0 Å². The van der Waals surface area contributed by atoms with Crippen LogP contribution in [0.5, 0.6) is 0 Å². The van der Waals surface area contributed by atoms with E-state index < -0.39 is 0 Å². The number of piperazine rings is 1. The Bertz CT molecular complexity index is 1300. The molecule has 0 radical (unpaired) electrons. The van der Waals surface area contributed by atoms with Crippen LogP contribution < -0.4 is 10.2 Å². The topological polar surface area (TPSA) is 51.7 Å². The summed E-state index contributed by atoms with van der Waals surface area (Å²) >= 11 is 9.88.